The van der Waals surface area contributed by atoms with Crippen molar-refractivity contribution in [2.75, 3.05) is 19.0 Å². The Morgan fingerprint density at radius 2 is 1.82 bits per heavy atom. The fourth-order valence-corrected chi connectivity index (χ4v) is 4.25. The summed E-state index contributed by atoms with van der Waals surface area (Å²) in [5.41, 5.74) is 3.15. The van der Waals surface area contributed by atoms with Gasteiger partial charge in [0.2, 0.25) is 11.8 Å². The van der Waals surface area contributed by atoms with Crippen molar-refractivity contribution in [2.45, 2.75) is 13.3 Å². The standard InChI is InChI=1S/C25H22N2O5S/c1-3-31-25(29)22-20(16-9-11-19(30-2)12-10-16)15-33-24(22)27-21(28)13-18-14-32-23(26-18)17-7-5-4-6-8-17/h4-12,14-15H,3,13H2,1-2H3,(H,27,28). The van der Waals surface area contributed by atoms with Crippen LogP contribution in [0.1, 0.15) is 23.0 Å². The van der Waals surface area contributed by atoms with Gasteiger partial charge in [-0.1, -0.05) is 30.3 Å². The SMILES string of the molecule is CCOC(=O)c1c(-c2ccc(OC)cc2)csc1NC(=O)Cc1coc(-c2ccccc2)n1. The number of methoxy groups -OCH3 is 1. The number of carbonyl (C=O) groups excluding carboxylic acids is 2. The van der Waals surface area contributed by atoms with Crippen LogP contribution in [-0.2, 0) is 16.0 Å². The summed E-state index contributed by atoms with van der Waals surface area (Å²) in [5.74, 6) is 0.357. The molecule has 4 rings (SSSR count). The lowest BCUT2D eigenvalue weighted by Crippen LogP contribution is -2.16. The van der Waals surface area contributed by atoms with Crippen LogP contribution in [0.3, 0.4) is 0 Å². The maximum atomic E-state index is 12.7. The van der Waals surface area contributed by atoms with Crippen molar-refractivity contribution in [1.29, 1.82) is 0 Å². The Morgan fingerprint density at radius 3 is 2.52 bits per heavy atom. The van der Waals surface area contributed by atoms with Gasteiger partial charge < -0.3 is 19.2 Å². The van der Waals surface area contributed by atoms with Gasteiger partial charge in [0.25, 0.3) is 0 Å². The second kappa shape index (κ2) is 10.1. The molecule has 168 valence electrons. The maximum Gasteiger partial charge on any atom is 0.341 e. The molecule has 2 aromatic carbocycles. The van der Waals surface area contributed by atoms with Crippen molar-refractivity contribution in [1.82, 2.24) is 4.98 Å². The summed E-state index contributed by atoms with van der Waals surface area (Å²) < 4.78 is 16.0. The van der Waals surface area contributed by atoms with E-state index < -0.39 is 5.97 Å². The average molecular weight is 463 g/mol. The van der Waals surface area contributed by atoms with Crippen molar-refractivity contribution >= 4 is 28.2 Å². The molecule has 0 aliphatic heterocycles. The van der Waals surface area contributed by atoms with E-state index >= 15 is 0 Å². The first kappa shape index (κ1) is 22.3. The summed E-state index contributed by atoms with van der Waals surface area (Å²) in [6.07, 6.45) is 1.47. The molecule has 2 heterocycles. The van der Waals surface area contributed by atoms with E-state index in [2.05, 4.69) is 10.3 Å². The molecule has 0 saturated heterocycles. The molecule has 7 nitrogen and oxygen atoms in total. The molecule has 0 saturated carbocycles. The number of esters is 1. The highest BCUT2D eigenvalue weighted by atomic mass is 32.1. The van der Waals surface area contributed by atoms with E-state index in [1.165, 1.54) is 17.6 Å². The van der Waals surface area contributed by atoms with Gasteiger partial charge >= 0.3 is 5.97 Å². The van der Waals surface area contributed by atoms with Gasteiger partial charge in [0, 0.05) is 16.5 Å². The summed E-state index contributed by atoms with van der Waals surface area (Å²) >= 11 is 1.27. The number of anilines is 1. The number of nitrogens with zero attached hydrogens (tertiary/aromatic N) is 1. The van der Waals surface area contributed by atoms with Crippen LogP contribution >= 0.6 is 11.3 Å². The highest BCUT2D eigenvalue weighted by Gasteiger charge is 2.23. The van der Waals surface area contributed by atoms with Crippen molar-refractivity contribution in [3.05, 3.63) is 77.5 Å². The van der Waals surface area contributed by atoms with Gasteiger partial charge in [-0.25, -0.2) is 9.78 Å². The van der Waals surface area contributed by atoms with Crippen LogP contribution in [0, 0.1) is 0 Å². The van der Waals surface area contributed by atoms with Gasteiger partial charge in [-0.15, -0.1) is 11.3 Å². The zero-order valence-corrected chi connectivity index (χ0v) is 19.0. The molecule has 1 N–H and O–H groups in total. The van der Waals surface area contributed by atoms with Crippen LogP contribution in [0.5, 0.6) is 5.75 Å². The normalized spacial score (nSPS) is 10.6. The van der Waals surface area contributed by atoms with Crippen molar-refractivity contribution in [2.24, 2.45) is 0 Å². The van der Waals surface area contributed by atoms with E-state index in [0.29, 0.717) is 33.5 Å². The summed E-state index contributed by atoms with van der Waals surface area (Å²) in [5, 5.41) is 5.09. The van der Waals surface area contributed by atoms with E-state index in [9.17, 15) is 9.59 Å². The van der Waals surface area contributed by atoms with Gasteiger partial charge in [-0.05, 0) is 36.8 Å². The van der Waals surface area contributed by atoms with E-state index in [-0.39, 0.29) is 18.9 Å². The third-order valence-corrected chi connectivity index (χ3v) is 5.73. The molecule has 4 aromatic rings. The minimum absolute atomic E-state index is 0.00830. The third-order valence-electron chi connectivity index (χ3n) is 4.84. The number of amides is 1. The number of nitrogens with one attached hydrogen (secondary N) is 1. The molecule has 0 aliphatic rings. The molecule has 1 amide bonds. The van der Waals surface area contributed by atoms with E-state index in [4.69, 9.17) is 13.9 Å². The topological polar surface area (TPSA) is 90.7 Å². The molecule has 0 unspecified atom stereocenters. The Kier molecular flexibility index (Phi) is 6.85. The first-order valence-corrected chi connectivity index (χ1v) is 11.2. The molecular formula is C25H22N2O5S. The summed E-state index contributed by atoms with van der Waals surface area (Å²) in [4.78, 5) is 29.9. The van der Waals surface area contributed by atoms with Crippen LogP contribution in [0.15, 0.2) is 70.7 Å². The fraction of sp³-hybridized carbons (Fsp3) is 0.160. The predicted molar refractivity (Wildman–Crippen MR) is 127 cm³/mol. The van der Waals surface area contributed by atoms with Crippen molar-refractivity contribution < 1.29 is 23.5 Å². The maximum absolute atomic E-state index is 12.7. The van der Waals surface area contributed by atoms with Crippen LogP contribution in [-0.4, -0.2) is 30.6 Å². The van der Waals surface area contributed by atoms with Crippen LogP contribution < -0.4 is 10.1 Å². The number of aromatic nitrogens is 1. The second-order valence-corrected chi connectivity index (χ2v) is 7.92. The molecule has 0 bridgehead atoms. The number of hydrogen-bond acceptors (Lipinski definition) is 7. The average Bonchev–Trinajstić information content (AvgIpc) is 3.47. The van der Waals surface area contributed by atoms with Gasteiger partial charge in [0.1, 0.15) is 22.6 Å². The zero-order chi connectivity index (χ0) is 23.2. The van der Waals surface area contributed by atoms with Gasteiger partial charge in [0.15, 0.2) is 0 Å². The molecule has 0 atom stereocenters. The lowest BCUT2D eigenvalue weighted by atomic mass is 10.0. The lowest BCUT2D eigenvalue weighted by Gasteiger charge is -2.09. The molecule has 0 radical (unpaired) electrons. The minimum atomic E-state index is -0.493. The highest BCUT2D eigenvalue weighted by Crippen LogP contribution is 2.37. The number of rotatable bonds is 8. The molecule has 0 fully saturated rings. The highest BCUT2D eigenvalue weighted by molar-refractivity contribution is 7.15. The first-order chi connectivity index (χ1) is 16.1. The largest absolute Gasteiger partial charge is 0.497 e. The van der Waals surface area contributed by atoms with E-state index in [1.807, 2.05) is 60.0 Å². The fourth-order valence-electron chi connectivity index (χ4n) is 3.28. The van der Waals surface area contributed by atoms with Crippen LogP contribution in [0.25, 0.3) is 22.6 Å². The summed E-state index contributed by atoms with van der Waals surface area (Å²) in [6, 6.07) is 16.8. The lowest BCUT2D eigenvalue weighted by molar-refractivity contribution is -0.115. The number of benzene rings is 2. The first-order valence-electron chi connectivity index (χ1n) is 10.3. The molecular weight excluding hydrogens is 440 g/mol. The van der Waals surface area contributed by atoms with E-state index in [0.717, 1.165) is 11.1 Å². The number of ether oxygens (including phenoxy) is 2. The van der Waals surface area contributed by atoms with Crippen LogP contribution in [0.2, 0.25) is 0 Å². The zero-order valence-electron chi connectivity index (χ0n) is 18.2. The molecule has 8 heteroatoms. The molecule has 2 aromatic heterocycles. The molecule has 0 spiro atoms. The quantitative estimate of drug-likeness (QED) is 0.351. The second-order valence-electron chi connectivity index (χ2n) is 7.04. The predicted octanol–water partition coefficient (Wildman–Crippen LogP) is 5.44. The number of carbonyl (C=O) groups is 2. The smallest absolute Gasteiger partial charge is 0.341 e. The van der Waals surface area contributed by atoms with Gasteiger partial charge in [0.05, 0.1) is 25.8 Å². The van der Waals surface area contributed by atoms with Crippen molar-refractivity contribution in [3.8, 4) is 28.3 Å². The monoisotopic (exact) mass is 462 g/mol. The minimum Gasteiger partial charge on any atom is -0.497 e. The number of oxazole rings is 1. The Labute approximate surface area is 195 Å². The molecule has 33 heavy (non-hydrogen) atoms. The summed E-state index contributed by atoms with van der Waals surface area (Å²) in [7, 11) is 1.59. The third kappa shape index (κ3) is 5.12. The Morgan fingerprint density at radius 1 is 1.06 bits per heavy atom. The summed E-state index contributed by atoms with van der Waals surface area (Å²) in [6.45, 7) is 1.97. The number of hydrogen-bond donors (Lipinski definition) is 1. The molecule has 0 aliphatic carbocycles. The Hall–Kier alpha value is -3.91. The van der Waals surface area contributed by atoms with Crippen LogP contribution in [0.4, 0.5) is 5.00 Å². The Balaban J connectivity index is 1.54. The van der Waals surface area contributed by atoms with Crippen molar-refractivity contribution in [3.63, 3.8) is 0 Å². The van der Waals surface area contributed by atoms with E-state index in [1.54, 1.807) is 14.0 Å². The Bertz CT molecular complexity index is 1250. The number of thiophene rings is 1. The van der Waals surface area contributed by atoms with Gasteiger partial charge in [-0.3, -0.25) is 4.79 Å². The van der Waals surface area contributed by atoms with Gasteiger partial charge in [-0.2, -0.15) is 0 Å².